The Morgan fingerprint density at radius 1 is 1.47 bits per heavy atom. The number of allylic oxidation sites excluding steroid dienone is 1. The normalized spacial score (nSPS) is 41.2. The molecule has 0 bridgehead atoms. The van der Waals surface area contributed by atoms with Gasteiger partial charge in [-0.1, -0.05) is 58.2 Å². The molecule has 2 aliphatic heterocycles. The molecule has 0 spiro atoms. The van der Waals surface area contributed by atoms with E-state index in [1.165, 1.54) is 5.57 Å². The van der Waals surface area contributed by atoms with Gasteiger partial charge in [0.15, 0.2) is 0 Å². The second-order valence-corrected chi connectivity index (χ2v) is 7.71. The molecule has 3 nitrogen and oxygen atoms in total. The highest BCUT2D eigenvalue weighted by Gasteiger charge is 2.47. The van der Waals surface area contributed by atoms with E-state index in [-0.39, 0.29) is 16.0 Å². The van der Waals surface area contributed by atoms with Gasteiger partial charge in [0.1, 0.15) is 15.8 Å². The van der Waals surface area contributed by atoms with Crippen molar-refractivity contribution < 1.29 is 14.3 Å². The first kappa shape index (κ1) is 14.2. The zero-order valence-electron chi connectivity index (χ0n) is 10.9. The van der Waals surface area contributed by atoms with Gasteiger partial charge in [0, 0.05) is 21.8 Å². The summed E-state index contributed by atoms with van der Waals surface area (Å²) in [4.78, 5) is 11.9. The number of carbonyl (C=O) groups is 1. The number of hydrogen-bond donors (Lipinski definition) is 0. The van der Waals surface area contributed by atoms with Crippen LogP contribution in [0.4, 0.5) is 0 Å². The molecule has 19 heavy (non-hydrogen) atoms. The third kappa shape index (κ3) is 2.15. The molecule has 5 atom stereocenters. The Morgan fingerprint density at radius 2 is 2.21 bits per heavy atom. The van der Waals surface area contributed by atoms with Crippen molar-refractivity contribution in [2.75, 3.05) is 11.0 Å². The third-order valence-corrected chi connectivity index (χ3v) is 7.07. The smallest absolute Gasteiger partial charge is 0.319 e. The van der Waals surface area contributed by atoms with Gasteiger partial charge in [0.05, 0.1) is 6.61 Å². The van der Waals surface area contributed by atoms with Crippen LogP contribution in [-0.2, 0) is 14.3 Å². The summed E-state index contributed by atoms with van der Waals surface area (Å²) in [5.41, 5.74) is 2.43. The topological polar surface area (TPSA) is 35.5 Å². The molecule has 0 aromatic heterocycles. The molecule has 0 N–H and O–H groups in total. The zero-order chi connectivity index (χ0) is 13.7. The summed E-state index contributed by atoms with van der Waals surface area (Å²) in [5, 5.41) is 0. The van der Waals surface area contributed by atoms with Crippen molar-refractivity contribution in [2.24, 2.45) is 17.8 Å². The summed E-state index contributed by atoms with van der Waals surface area (Å²) in [6.45, 7) is 4.96. The van der Waals surface area contributed by atoms with Gasteiger partial charge >= 0.3 is 5.97 Å². The molecule has 104 valence electrons. The van der Waals surface area contributed by atoms with Crippen LogP contribution in [0.3, 0.4) is 0 Å². The fourth-order valence-electron chi connectivity index (χ4n) is 3.13. The average Bonchev–Trinajstić information content (AvgIpc) is 2.81. The van der Waals surface area contributed by atoms with Crippen LogP contribution in [0.15, 0.2) is 23.0 Å². The van der Waals surface area contributed by atoms with E-state index in [0.29, 0.717) is 17.8 Å². The first-order valence-corrected chi connectivity index (χ1v) is 9.28. The molecule has 2 heterocycles. The number of halogens is 2. The predicted octanol–water partition coefficient (Wildman–Crippen LogP) is 3.26. The molecule has 0 radical (unpaired) electrons. The average molecular weight is 486 g/mol. The lowest BCUT2D eigenvalue weighted by Crippen LogP contribution is -2.46. The standard InChI is InChI=1S/C14H16I2O3/c1-6-9-3-10-8(4-15)5-18-12(10)7(2)13(9)19-14(17)11(6)16/h3,6,8-9,11,13H,4-5H2,1-2H3. The van der Waals surface area contributed by atoms with Crippen molar-refractivity contribution in [3.05, 3.63) is 23.0 Å². The molecule has 5 unspecified atom stereocenters. The number of alkyl halides is 2. The van der Waals surface area contributed by atoms with E-state index in [0.717, 1.165) is 22.4 Å². The van der Waals surface area contributed by atoms with Gasteiger partial charge in [-0.2, -0.15) is 0 Å². The minimum atomic E-state index is -0.125. The Morgan fingerprint density at radius 3 is 2.89 bits per heavy atom. The highest BCUT2D eigenvalue weighted by molar-refractivity contribution is 14.1. The Balaban J connectivity index is 2.01. The fourth-order valence-corrected chi connectivity index (χ4v) is 4.49. The minimum absolute atomic E-state index is 0.0505. The van der Waals surface area contributed by atoms with E-state index in [1.807, 2.05) is 6.92 Å². The van der Waals surface area contributed by atoms with Gasteiger partial charge in [-0.25, -0.2) is 0 Å². The van der Waals surface area contributed by atoms with Crippen LogP contribution in [0.2, 0.25) is 0 Å². The number of carbonyl (C=O) groups excluding carboxylic acids is 1. The summed E-state index contributed by atoms with van der Waals surface area (Å²) in [7, 11) is 0. The molecule has 0 saturated carbocycles. The summed E-state index contributed by atoms with van der Waals surface area (Å²) in [6, 6.07) is 0. The summed E-state index contributed by atoms with van der Waals surface area (Å²) in [5.74, 6) is 1.99. The van der Waals surface area contributed by atoms with Crippen LogP contribution < -0.4 is 0 Å². The molecule has 0 aromatic carbocycles. The second kappa shape index (κ2) is 5.20. The number of ether oxygens (including phenoxy) is 2. The molecular formula is C14H16I2O3. The van der Waals surface area contributed by atoms with E-state index in [2.05, 4.69) is 58.2 Å². The highest BCUT2D eigenvalue weighted by atomic mass is 127. The lowest BCUT2D eigenvalue weighted by Gasteiger charge is -2.40. The summed E-state index contributed by atoms with van der Waals surface area (Å²) < 4.78 is 12.5. The van der Waals surface area contributed by atoms with Crippen LogP contribution in [0.5, 0.6) is 0 Å². The van der Waals surface area contributed by atoms with E-state index >= 15 is 0 Å². The van der Waals surface area contributed by atoms with Crippen molar-refractivity contribution in [3.8, 4) is 0 Å². The fraction of sp³-hybridized carbons (Fsp3) is 0.643. The largest absolute Gasteiger partial charge is 0.493 e. The molecule has 2 fully saturated rings. The lowest BCUT2D eigenvalue weighted by atomic mass is 9.75. The van der Waals surface area contributed by atoms with Gasteiger partial charge < -0.3 is 9.47 Å². The van der Waals surface area contributed by atoms with Crippen LogP contribution in [0.25, 0.3) is 0 Å². The second-order valence-electron chi connectivity index (χ2n) is 5.49. The Labute approximate surface area is 140 Å². The molecule has 3 aliphatic rings. The van der Waals surface area contributed by atoms with E-state index in [4.69, 9.17) is 9.47 Å². The Kier molecular flexibility index (Phi) is 3.87. The maximum Gasteiger partial charge on any atom is 0.319 e. The SMILES string of the molecule is CC1=C2OCC(CI)C2=CC2C1OC(=O)C(I)C2C. The Bertz CT molecular complexity index is 483. The maximum absolute atomic E-state index is 11.9. The maximum atomic E-state index is 11.9. The van der Waals surface area contributed by atoms with Crippen molar-refractivity contribution in [3.63, 3.8) is 0 Å². The minimum Gasteiger partial charge on any atom is -0.493 e. The number of hydrogen-bond acceptors (Lipinski definition) is 3. The molecular weight excluding hydrogens is 470 g/mol. The van der Waals surface area contributed by atoms with E-state index in [1.54, 1.807) is 0 Å². The van der Waals surface area contributed by atoms with Gasteiger partial charge in [-0.15, -0.1) is 0 Å². The van der Waals surface area contributed by atoms with Crippen molar-refractivity contribution in [1.82, 2.24) is 0 Å². The quantitative estimate of drug-likeness (QED) is 0.325. The van der Waals surface area contributed by atoms with Crippen molar-refractivity contribution >= 4 is 51.2 Å². The van der Waals surface area contributed by atoms with Crippen LogP contribution in [-0.4, -0.2) is 27.0 Å². The number of esters is 1. The molecule has 0 amide bonds. The molecule has 2 saturated heterocycles. The molecule has 0 aromatic rings. The monoisotopic (exact) mass is 486 g/mol. The third-order valence-electron chi connectivity index (χ3n) is 4.36. The van der Waals surface area contributed by atoms with E-state index < -0.39 is 0 Å². The number of rotatable bonds is 1. The Hall–Kier alpha value is 0.210. The zero-order valence-corrected chi connectivity index (χ0v) is 15.2. The van der Waals surface area contributed by atoms with Crippen molar-refractivity contribution in [2.45, 2.75) is 23.9 Å². The number of fused-ring (bicyclic) bond motifs is 2. The molecule has 1 aliphatic carbocycles. The highest BCUT2D eigenvalue weighted by Crippen LogP contribution is 2.46. The van der Waals surface area contributed by atoms with Crippen LogP contribution in [0, 0.1) is 17.8 Å². The summed E-state index contributed by atoms with van der Waals surface area (Å²) in [6.07, 6.45) is 2.19. The molecule has 5 heteroatoms. The van der Waals surface area contributed by atoms with E-state index in [9.17, 15) is 4.79 Å². The predicted molar refractivity (Wildman–Crippen MR) is 89.5 cm³/mol. The van der Waals surface area contributed by atoms with Crippen LogP contribution in [0.1, 0.15) is 13.8 Å². The van der Waals surface area contributed by atoms with Crippen LogP contribution >= 0.6 is 45.2 Å². The first-order valence-electron chi connectivity index (χ1n) is 6.50. The van der Waals surface area contributed by atoms with Crippen molar-refractivity contribution in [1.29, 1.82) is 0 Å². The van der Waals surface area contributed by atoms with Gasteiger partial charge in [0.25, 0.3) is 0 Å². The first-order chi connectivity index (χ1) is 9.04. The van der Waals surface area contributed by atoms with Gasteiger partial charge in [-0.3, -0.25) is 4.79 Å². The summed E-state index contributed by atoms with van der Waals surface area (Å²) >= 11 is 4.62. The lowest BCUT2D eigenvalue weighted by molar-refractivity contribution is -0.155. The van der Waals surface area contributed by atoms with Gasteiger partial charge in [0.2, 0.25) is 0 Å². The molecule has 3 rings (SSSR count). The van der Waals surface area contributed by atoms with Gasteiger partial charge in [-0.05, 0) is 18.4 Å².